The van der Waals surface area contributed by atoms with Crippen molar-refractivity contribution in [3.8, 4) is 5.75 Å². The Bertz CT molecular complexity index is 1430. The summed E-state index contributed by atoms with van der Waals surface area (Å²) in [5.41, 5.74) is -1.37. The van der Waals surface area contributed by atoms with Crippen molar-refractivity contribution >= 4 is 29.1 Å². The van der Waals surface area contributed by atoms with Gasteiger partial charge in [-0.25, -0.2) is 0 Å². The molecule has 1 aliphatic heterocycles. The summed E-state index contributed by atoms with van der Waals surface area (Å²) in [6.07, 6.45) is -9.07. The molecule has 1 amide bonds. The van der Waals surface area contributed by atoms with Crippen molar-refractivity contribution in [2.75, 3.05) is 13.2 Å². The van der Waals surface area contributed by atoms with Crippen LogP contribution in [0.2, 0.25) is 5.02 Å². The standard InChI is InChI=1S/C33H36ClF6NO5/c1-31(2,33(38,39)40)29(43)12-5-19-3-10-26(34)24(15-19)27(42)17-20-4-11-28(46-23-13-14-45-18-23)25(16-20)30(44)41-22-8-6-21(7-9-22)32(35,36)37/h3-4,10-11,15-16,21-23H,5-9,12-14,17-18H2,1-2H3,(H,41,44). The average Bonchev–Trinajstić information content (AvgIpc) is 3.49. The van der Waals surface area contributed by atoms with E-state index in [9.17, 15) is 40.7 Å². The molecule has 1 heterocycles. The number of ether oxygens (including phenoxy) is 2. The predicted molar refractivity (Wildman–Crippen MR) is 158 cm³/mol. The molecule has 13 heteroatoms. The van der Waals surface area contributed by atoms with Crippen LogP contribution in [0.15, 0.2) is 36.4 Å². The molecule has 1 N–H and O–H groups in total. The molecule has 1 saturated heterocycles. The van der Waals surface area contributed by atoms with Gasteiger partial charge in [0.05, 0.1) is 29.7 Å². The first kappa shape index (κ1) is 35.7. The Morgan fingerprint density at radius 2 is 1.57 bits per heavy atom. The number of hydrogen-bond acceptors (Lipinski definition) is 5. The van der Waals surface area contributed by atoms with Gasteiger partial charge in [0.1, 0.15) is 23.1 Å². The Labute approximate surface area is 268 Å². The van der Waals surface area contributed by atoms with Gasteiger partial charge in [-0.15, -0.1) is 0 Å². The quantitative estimate of drug-likeness (QED) is 0.194. The molecule has 2 aromatic rings. The molecule has 1 atom stereocenters. The first-order valence-corrected chi connectivity index (χ1v) is 15.5. The van der Waals surface area contributed by atoms with Crippen LogP contribution < -0.4 is 10.1 Å². The van der Waals surface area contributed by atoms with Crippen LogP contribution in [0.5, 0.6) is 5.75 Å². The minimum absolute atomic E-state index is 0.0259. The van der Waals surface area contributed by atoms with Gasteiger partial charge >= 0.3 is 12.4 Å². The second kappa shape index (κ2) is 14.3. The number of rotatable bonds is 11. The van der Waals surface area contributed by atoms with Crippen LogP contribution in [-0.4, -0.2) is 55.2 Å². The van der Waals surface area contributed by atoms with Crippen molar-refractivity contribution in [3.63, 3.8) is 0 Å². The van der Waals surface area contributed by atoms with Crippen LogP contribution in [0, 0.1) is 11.3 Å². The van der Waals surface area contributed by atoms with Crippen molar-refractivity contribution in [2.45, 2.75) is 89.7 Å². The lowest BCUT2D eigenvalue weighted by Crippen LogP contribution is -2.40. The highest BCUT2D eigenvalue weighted by atomic mass is 35.5. The van der Waals surface area contributed by atoms with Crippen molar-refractivity contribution in [1.29, 1.82) is 0 Å². The summed E-state index contributed by atoms with van der Waals surface area (Å²) >= 11 is 6.30. The van der Waals surface area contributed by atoms with E-state index in [0.29, 0.717) is 30.8 Å². The van der Waals surface area contributed by atoms with E-state index in [0.717, 1.165) is 13.8 Å². The van der Waals surface area contributed by atoms with Crippen LogP contribution in [0.4, 0.5) is 26.3 Å². The van der Waals surface area contributed by atoms with E-state index < -0.39 is 47.2 Å². The van der Waals surface area contributed by atoms with Gasteiger partial charge in [-0.1, -0.05) is 23.7 Å². The molecular weight excluding hydrogens is 640 g/mol. The monoisotopic (exact) mass is 675 g/mol. The Hall–Kier alpha value is -3.12. The Kier molecular flexibility index (Phi) is 11.1. The van der Waals surface area contributed by atoms with Crippen LogP contribution in [0.3, 0.4) is 0 Å². The molecule has 252 valence electrons. The minimum atomic E-state index is -4.70. The van der Waals surface area contributed by atoms with E-state index in [2.05, 4.69) is 5.32 Å². The zero-order valence-corrected chi connectivity index (χ0v) is 26.2. The van der Waals surface area contributed by atoms with Gasteiger partial charge in [0.2, 0.25) is 0 Å². The second-order valence-corrected chi connectivity index (χ2v) is 12.9. The van der Waals surface area contributed by atoms with Crippen molar-refractivity contribution in [2.24, 2.45) is 11.3 Å². The molecule has 0 radical (unpaired) electrons. The highest BCUT2D eigenvalue weighted by Crippen LogP contribution is 2.40. The SMILES string of the molecule is CC(C)(C(=O)CCc1ccc(Cl)c(C(=O)Cc2ccc(OC3CCOC3)c(C(=O)NC3CCC(C(F)(F)F)CC3)c2)c1)C(F)(F)F. The van der Waals surface area contributed by atoms with E-state index in [-0.39, 0.29) is 72.9 Å². The lowest BCUT2D eigenvalue weighted by molar-refractivity contribution is -0.210. The molecule has 0 spiro atoms. The fourth-order valence-electron chi connectivity index (χ4n) is 5.53. The summed E-state index contributed by atoms with van der Waals surface area (Å²) in [6, 6.07) is 8.64. The number of aryl methyl sites for hydroxylation is 1. The maximum Gasteiger partial charge on any atom is 0.400 e. The van der Waals surface area contributed by atoms with Crippen molar-refractivity contribution in [1.82, 2.24) is 5.32 Å². The first-order chi connectivity index (χ1) is 21.5. The van der Waals surface area contributed by atoms with Crippen LogP contribution in [0.1, 0.15) is 84.2 Å². The lowest BCUT2D eigenvalue weighted by atomic mass is 9.84. The molecule has 1 aliphatic carbocycles. The number of halogens is 7. The van der Waals surface area contributed by atoms with Gasteiger partial charge in [-0.2, -0.15) is 26.3 Å². The Balaban J connectivity index is 1.48. The van der Waals surface area contributed by atoms with Gasteiger partial charge in [0.15, 0.2) is 5.78 Å². The topological polar surface area (TPSA) is 81.7 Å². The number of alkyl halides is 6. The van der Waals surface area contributed by atoms with Gasteiger partial charge < -0.3 is 14.8 Å². The van der Waals surface area contributed by atoms with Gasteiger partial charge in [0.25, 0.3) is 5.91 Å². The Morgan fingerprint density at radius 1 is 0.913 bits per heavy atom. The molecule has 1 unspecified atom stereocenters. The van der Waals surface area contributed by atoms with Gasteiger partial charge in [-0.05, 0) is 81.3 Å². The number of benzene rings is 2. The largest absolute Gasteiger partial charge is 0.487 e. The zero-order chi connectivity index (χ0) is 33.9. The summed E-state index contributed by atoms with van der Waals surface area (Å²) in [5.74, 6) is -3.09. The van der Waals surface area contributed by atoms with Crippen molar-refractivity contribution < 1.29 is 50.2 Å². The zero-order valence-electron chi connectivity index (χ0n) is 25.5. The maximum atomic E-state index is 13.4. The fraction of sp³-hybridized carbons (Fsp3) is 0.545. The molecule has 2 fully saturated rings. The number of carbonyl (C=O) groups excluding carboxylic acids is 3. The molecular formula is C33H36ClF6NO5. The summed E-state index contributed by atoms with van der Waals surface area (Å²) in [4.78, 5) is 39.1. The normalized spacial score (nSPS) is 20.8. The summed E-state index contributed by atoms with van der Waals surface area (Å²) in [7, 11) is 0. The molecule has 6 nitrogen and oxygen atoms in total. The average molecular weight is 676 g/mol. The smallest absolute Gasteiger partial charge is 0.400 e. The van der Waals surface area contributed by atoms with E-state index in [1.807, 2.05) is 0 Å². The molecule has 46 heavy (non-hydrogen) atoms. The highest BCUT2D eigenvalue weighted by Gasteiger charge is 2.52. The molecule has 1 saturated carbocycles. The molecule has 2 aromatic carbocycles. The summed E-state index contributed by atoms with van der Waals surface area (Å²) in [6.45, 7) is 2.49. The minimum Gasteiger partial charge on any atom is -0.487 e. The first-order valence-electron chi connectivity index (χ1n) is 15.1. The summed E-state index contributed by atoms with van der Waals surface area (Å²) < 4.78 is 90.5. The summed E-state index contributed by atoms with van der Waals surface area (Å²) in [5, 5.41) is 2.94. The van der Waals surface area contributed by atoms with Crippen LogP contribution in [0.25, 0.3) is 0 Å². The number of nitrogens with one attached hydrogen (secondary N) is 1. The number of carbonyl (C=O) groups is 3. The molecule has 2 aliphatic rings. The number of Topliss-reactive ketones (excluding diaryl/α,β-unsaturated/α-hetero) is 2. The van der Waals surface area contributed by atoms with E-state index in [1.165, 1.54) is 24.3 Å². The number of hydrogen-bond donors (Lipinski definition) is 1. The lowest BCUT2D eigenvalue weighted by Gasteiger charge is -2.30. The Morgan fingerprint density at radius 3 is 2.17 bits per heavy atom. The molecule has 4 rings (SSSR count). The van der Waals surface area contributed by atoms with Gasteiger partial charge in [-0.3, -0.25) is 14.4 Å². The molecule has 0 aromatic heterocycles. The number of amides is 1. The predicted octanol–water partition coefficient (Wildman–Crippen LogP) is 7.87. The molecule has 0 bridgehead atoms. The van der Waals surface area contributed by atoms with E-state index >= 15 is 0 Å². The van der Waals surface area contributed by atoms with Crippen LogP contribution in [-0.2, 0) is 22.4 Å². The maximum absolute atomic E-state index is 13.4. The van der Waals surface area contributed by atoms with Crippen molar-refractivity contribution in [3.05, 3.63) is 63.7 Å². The third-order valence-electron chi connectivity index (χ3n) is 8.74. The fourth-order valence-corrected chi connectivity index (χ4v) is 5.75. The number of ketones is 2. The van der Waals surface area contributed by atoms with Crippen LogP contribution >= 0.6 is 11.6 Å². The van der Waals surface area contributed by atoms with E-state index in [1.54, 1.807) is 12.1 Å². The third kappa shape index (κ3) is 8.82. The van der Waals surface area contributed by atoms with Gasteiger partial charge in [0, 0.05) is 30.9 Å². The highest BCUT2D eigenvalue weighted by molar-refractivity contribution is 6.34. The second-order valence-electron chi connectivity index (χ2n) is 12.5. The van der Waals surface area contributed by atoms with E-state index in [4.69, 9.17) is 21.1 Å². The third-order valence-corrected chi connectivity index (χ3v) is 9.07.